The highest BCUT2D eigenvalue weighted by atomic mass is 32.1. The van der Waals surface area contributed by atoms with Gasteiger partial charge >= 0.3 is 5.97 Å². The summed E-state index contributed by atoms with van der Waals surface area (Å²) in [6.07, 6.45) is 1.67. The summed E-state index contributed by atoms with van der Waals surface area (Å²) in [5.74, 6) is 1.49. The van der Waals surface area contributed by atoms with Gasteiger partial charge in [-0.3, -0.25) is 14.2 Å². The van der Waals surface area contributed by atoms with Crippen LogP contribution in [0.3, 0.4) is 0 Å². The Hall–Kier alpha value is -4.90. The standard InChI is InChI=1S/C33H33N3O7S/c1-7-35(8-2)31(38)28-19(3)34-33-36(29(28)24-17-22(40-4)13-16-26(24)41-5)30(37)27(44-33)18-23-14-15-25(43-23)20-9-11-21(12-10-20)32(39)42-6/h9-18,29H,7-8H2,1-6H3/b27-18+/t29-/m1/s1. The molecule has 1 aliphatic rings. The van der Waals surface area contributed by atoms with Gasteiger partial charge in [-0.1, -0.05) is 23.5 Å². The summed E-state index contributed by atoms with van der Waals surface area (Å²) in [6.45, 7) is 6.63. The molecule has 11 heteroatoms. The predicted octanol–water partition coefficient (Wildman–Crippen LogP) is 4.17. The Labute approximate surface area is 258 Å². The minimum absolute atomic E-state index is 0.200. The zero-order chi connectivity index (χ0) is 31.5. The molecule has 0 saturated heterocycles. The third kappa shape index (κ3) is 5.58. The summed E-state index contributed by atoms with van der Waals surface area (Å²) in [6, 6.07) is 14.9. The van der Waals surface area contributed by atoms with E-state index in [-0.39, 0.29) is 11.5 Å². The van der Waals surface area contributed by atoms with Gasteiger partial charge < -0.3 is 23.5 Å². The van der Waals surface area contributed by atoms with E-state index in [0.29, 0.717) is 67.8 Å². The molecule has 1 aliphatic heterocycles. The molecule has 0 spiro atoms. The predicted molar refractivity (Wildman–Crippen MR) is 167 cm³/mol. The van der Waals surface area contributed by atoms with Gasteiger partial charge in [0, 0.05) is 30.3 Å². The summed E-state index contributed by atoms with van der Waals surface area (Å²) >= 11 is 1.21. The molecule has 3 heterocycles. The molecule has 2 aromatic heterocycles. The fraction of sp³-hybridized carbons (Fsp3) is 0.273. The SMILES string of the molecule is CCN(CC)C(=O)C1=C(C)N=c2s/c(=C/c3ccc(-c4ccc(C(=O)OC)cc4)o3)c(=O)n2[C@@H]1c1cc(OC)ccc1OC. The van der Waals surface area contributed by atoms with Crippen molar-refractivity contribution < 1.29 is 28.2 Å². The summed E-state index contributed by atoms with van der Waals surface area (Å²) in [4.78, 5) is 46.7. The first-order chi connectivity index (χ1) is 21.2. The van der Waals surface area contributed by atoms with Crippen LogP contribution in [0.4, 0.5) is 0 Å². The van der Waals surface area contributed by atoms with Crippen molar-refractivity contribution in [1.29, 1.82) is 0 Å². The lowest BCUT2D eigenvalue weighted by atomic mass is 9.93. The lowest BCUT2D eigenvalue weighted by Gasteiger charge is -2.30. The van der Waals surface area contributed by atoms with Crippen LogP contribution in [0.15, 0.2) is 80.1 Å². The van der Waals surface area contributed by atoms with Crippen LogP contribution in [0.5, 0.6) is 11.5 Å². The fourth-order valence-corrected chi connectivity index (χ4v) is 6.25. The fourth-order valence-electron chi connectivity index (χ4n) is 5.23. The molecule has 0 unspecified atom stereocenters. The molecular weight excluding hydrogens is 582 g/mol. The second-order valence-electron chi connectivity index (χ2n) is 9.94. The number of ether oxygens (including phenoxy) is 3. The van der Waals surface area contributed by atoms with E-state index in [2.05, 4.69) is 0 Å². The first-order valence-corrected chi connectivity index (χ1v) is 14.9. The van der Waals surface area contributed by atoms with Gasteiger partial charge in [0.25, 0.3) is 11.5 Å². The number of rotatable bonds is 9. The van der Waals surface area contributed by atoms with Crippen molar-refractivity contribution in [2.45, 2.75) is 26.8 Å². The van der Waals surface area contributed by atoms with Gasteiger partial charge in [-0.2, -0.15) is 0 Å². The van der Waals surface area contributed by atoms with Crippen LogP contribution in [0.1, 0.15) is 48.5 Å². The van der Waals surface area contributed by atoms with E-state index in [1.165, 1.54) is 18.4 Å². The summed E-state index contributed by atoms with van der Waals surface area (Å²) in [7, 11) is 4.44. The maximum atomic E-state index is 14.1. The number of furan rings is 1. The highest BCUT2D eigenvalue weighted by Crippen LogP contribution is 2.38. The van der Waals surface area contributed by atoms with E-state index in [0.717, 1.165) is 5.56 Å². The lowest BCUT2D eigenvalue weighted by Crippen LogP contribution is -2.43. The maximum absolute atomic E-state index is 14.1. The van der Waals surface area contributed by atoms with Crippen LogP contribution in [-0.2, 0) is 9.53 Å². The van der Waals surface area contributed by atoms with E-state index in [1.807, 2.05) is 13.8 Å². The van der Waals surface area contributed by atoms with Gasteiger partial charge in [-0.15, -0.1) is 0 Å². The van der Waals surface area contributed by atoms with Crippen molar-refractivity contribution in [3.05, 3.63) is 102 Å². The highest BCUT2D eigenvalue weighted by Gasteiger charge is 2.36. The lowest BCUT2D eigenvalue weighted by molar-refractivity contribution is -0.127. The van der Waals surface area contributed by atoms with Crippen LogP contribution in [0, 0.1) is 0 Å². The highest BCUT2D eigenvalue weighted by molar-refractivity contribution is 7.07. The number of methoxy groups -OCH3 is 3. The maximum Gasteiger partial charge on any atom is 0.337 e. The first-order valence-electron chi connectivity index (χ1n) is 14.1. The van der Waals surface area contributed by atoms with Crippen molar-refractivity contribution in [1.82, 2.24) is 9.47 Å². The number of thiazole rings is 1. The number of carbonyl (C=O) groups is 2. The van der Waals surface area contributed by atoms with E-state index >= 15 is 0 Å². The summed E-state index contributed by atoms with van der Waals surface area (Å²) < 4.78 is 24.0. The number of allylic oxidation sites excluding steroid dienone is 1. The Morgan fingerprint density at radius 3 is 2.39 bits per heavy atom. The normalized spacial score (nSPS) is 14.6. The second-order valence-corrected chi connectivity index (χ2v) is 10.9. The van der Waals surface area contributed by atoms with Gasteiger partial charge in [0.1, 0.15) is 29.1 Å². The average molecular weight is 616 g/mol. The smallest absolute Gasteiger partial charge is 0.337 e. The molecule has 1 atom stereocenters. The minimum atomic E-state index is -0.799. The second kappa shape index (κ2) is 12.8. The number of hydrogen-bond donors (Lipinski definition) is 0. The Kier molecular flexibility index (Phi) is 8.86. The largest absolute Gasteiger partial charge is 0.497 e. The van der Waals surface area contributed by atoms with Gasteiger partial charge in [0.15, 0.2) is 4.80 Å². The molecule has 0 saturated carbocycles. The number of hydrogen-bond acceptors (Lipinski definition) is 9. The Morgan fingerprint density at radius 1 is 1.02 bits per heavy atom. The van der Waals surface area contributed by atoms with Crippen molar-refractivity contribution >= 4 is 29.3 Å². The number of aromatic nitrogens is 1. The molecule has 1 amide bonds. The van der Waals surface area contributed by atoms with Crippen LogP contribution in [-0.4, -0.2) is 55.8 Å². The molecule has 5 rings (SSSR count). The Bertz CT molecular complexity index is 1930. The minimum Gasteiger partial charge on any atom is -0.497 e. The molecule has 44 heavy (non-hydrogen) atoms. The molecule has 228 valence electrons. The monoisotopic (exact) mass is 615 g/mol. The van der Waals surface area contributed by atoms with Crippen molar-refractivity contribution in [3.8, 4) is 22.8 Å². The Morgan fingerprint density at radius 2 is 1.75 bits per heavy atom. The van der Waals surface area contributed by atoms with Gasteiger partial charge in [0.05, 0.1) is 42.7 Å². The zero-order valence-corrected chi connectivity index (χ0v) is 26.2. The van der Waals surface area contributed by atoms with Crippen LogP contribution >= 0.6 is 11.3 Å². The summed E-state index contributed by atoms with van der Waals surface area (Å²) in [5.41, 5.74) is 2.41. The van der Waals surface area contributed by atoms with E-state index in [9.17, 15) is 14.4 Å². The van der Waals surface area contributed by atoms with Crippen molar-refractivity contribution in [3.63, 3.8) is 0 Å². The molecule has 10 nitrogen and oxygen atoms in total. The third-order valence-electron chi connectivity index (χ3n) is 7.52. The van der Waals surface area contributed by atoms with E-state index in [1.54, 1.807) is 91.3 Å². The molecule has 0 N–H and O–H groups in total. The zero-order valence-electron chi connectivity index (χ0n) is 25.4. The number of esters is 1. The van der Waals surface area contributed by atoms with Crippen molar-refractivity contribution in [2.24, 2.45) is 4.99 Å². The Balaban J connectivity index is 1.64. The molecular formula is C33H33N3O7S. The van der Waals surface area contributed by atoms with Crippen molar-refractivity contribution in [2.75, 3.05) is 34.4 Å². The van der Waals surface area contributed by atoms with Crippen LogP contribution in [0.2, 0.25) is 0 Å². The average Bonchev–Trinajstić information content (AvgIpc) is 3.64. The van der Waals surface area contributed by atoms with E-state index in [4.69, 9.17) is 23.6 Å². The number of carbonyl (C=O) groups excluding carboxylic acids is 2. The van der Waals surface area contributed by atoms with Crippen LogP contribution < -0.4 is 24.4 Å². The topological polar surface area (TPSA) is 113 Å². The number of fused-ring (bicyclic) bond motifs is 1. The molecule has 2 aromatic carbocycles. The third-order valence-corrected chi connectivity index (χ3v) is 8.51. The first kappa shape index (κ1) is 30.6. The number of nitrogens with zero attached hydrogens (tertiary/aromatic N) is 3. The summed E-state index contributed by atoms with van der Waals surface area (Å²) in [5, 5.41) is 0. The molecule has 0 aliphatic carbocycles. The number of likely N-dealkylation sites (N-methyl/N-ethyl adjacent to an activating group) is 1. The molecule has 0 fully saturated rings. The van der Waals surface area contributed by atoms with Gasteiger partial charge in [-0.25, -0.2) is 9.79 Å². The number of benzene rings is 2. The van der Waals surface area contributed by atoms with Crippen LogP contribution in [0.25, 0.3) is 17.4 Å². The van der Waals surface area contributed by atoms with E-state index < -0.39 is 12.0 Å². The number of amides is 1. The van der Waals surface area contributed by atoms with Gasteiger partial charge in [-0.05, 0) is 63.2 Å². The molecule has 0 radical (unpaired) electrons. The quantitative estimate of drug-likeness (QED) is 0.260. The van der Waals surface area contributed by atoms with Gasteiger partial charge in [0.2, 0.25) is 0 Å². The molecule has 0 bridgehead atoms. The molecule has 4 aromatic rings.